The summed E-state index contributed by atoms with van der Waals surface area (Å²) in [6.45, 7) is 1.59. The monoisotopic (exact) mass is 206 g/mol. The molecule has 0 spiro atoms. The van der Waals surface area contributed by atoms with Gasteiger partial charge in [-0.05, 0) is 6.92 Å². The molecule has 1 atom stereocenters. The lowest BCUT2D eigenvalue weighted by atomic mass is 10.2. The summed E-state index contributed by atoms with van der Waals surface area (Å²) in [5, 5.41) is 0. The summed E-state index contributed by atoms with van der Waals surface area (Å²) in [5.41, 5.74) is 0. The molecule has 0 saturated heterocycles. The van der Waals surface area contributed by atoms with Gasteiger partial charge in [0.1, 0.15) is 6.61 Å². The Morgan fingerprint density at radius 3 is 2.62 bits per heavy atom. The van der Waals surface area contributed by atoms with Crippen molar-refractivity contribution in [1.29, 1.82) is 0 Å². The molecule has 0 aromatic carbocycles. The predicted molar refractivity (Wildman–Crippen MR) is 45.4 cm³/mol. The third-order valence-electron chi connectivity index (χ3n) is 1.13. The first-order chi connectivity index (χ1) is 5.99. The van der Waals surface area contributed by atoms with Crippen LogP contribution in [0.4, 0.5) is 0 Å². The Morgan fingerprint density at radius 1 is 1.62 bits per heavy atom. The first-order valence-electron chi connectivity index (χ1n) is 3.42. The maximum absolute atomic E-state index is 10.4. The molecular formula is C7H10O5S. The SMILES string of the molecule is CC#CC(COC=O)CS(=O)(=O)O. The summed E-state index contributed by atoms with van der Waals surface area (Å²) in [4.78, 5) is 9.80. The number of ether oxygens (including phenoxy) is 1. The summed E-state index contributed by atoms with van der Waals surface area (Å²) in [6, 6.07) is 0. The predicted octanol–water partition coefficient (Wildman–Crippen LogP) is -0.313. The molecule has 0 aliphatic heterocycles. The molecular weight excluding hydrogens is 196 g/mol. The van der Waals surface area contributed by atoms with E-state index in [2.05, 4.69) is 16.6 Å². The molecule has 0 aliphatic rings. The van der Waals surface area contributed by atoms with E-state index >= 15 is 0 Å². The Bertz CT molecular complexity index is 308. The molecule has 0 heterocycles. The summed E-state index contributed by atoms with van der Waals surface area (Å²) in [5.74, 6) is 3.78. The van der Waals surface area contributed by atoms with Crippen LogP contribution in [0.1, 0.15) is 6.92 Å². The maximum Gasteiger partial charge on any atom is 0.293 e. The minimum Gasteiger partial charge on any atom is -0.467 e. The zero-order chi connectivity index (χ0) is 10.3. The first-order valence-corrected chi connectivity index (χ1v) is 5.03. The quantitative estimate of drug-likeness (QED) is 0.379. The van der Waals surface area contributed by atoms with Crippen LogP contribution in [-0.2, 0) is 19.6 Å². The fourth-order valence-electron chi connectivity index (χ4n) is 0.745. The zero-order valence-corrected chi connectivity index (χ0v) is 7.87. The van der Waals surface area contributed by atoms with Crippen molar-refractivity contribution in [1.82, 2.24) is 0 Å². The molecule has 0 rings (SSSR count). The topological polar surface area (TPSA) is 80.7 Å². The number of hydrogen-bond acceptors (Lipinski definition) is 4. The molecule has 6 heteroatoms. The largest absolute Gasteiger partial charge is 0.467 e. The van der Waals surface area contributed by atoms with Gasteiger partial charge < -0.3 is 4.74 Å². The second kappa shape index (κ2) is 5.56. The van der Waals surface area contributed by atoms with Gasteiger partial charge in [0.2, 0.25) is 0 Å². The molecule has 0 aromatic heterocycles. The fourth-order valence-corrected chi connectivity index (χ4v) is 1.43. The summed E-state index contributed by atoms with van der Waals surface area (Å²) in [7, 11) is -4.07. The van der Waals surface area contributed by atoms with Gasteiger partial charge in [0.25, 0.3) is 16.6 Å². The van der Waals surface area contributed by atoms with Crippen LogP contribution in [0.5, 0.6) is 0 Å². The van der Waals surface area contributed by atoms with Crippen LogP contribution >= 0.6 is 0 Å². The normalized spacial score (nSPS) is 12.5. The molecule has 1 unspecified atom stereocenters. The van der Waals surface area contributed by atoms with Crippen LogP contribution in [0.2, 0.25) is 0 Å². The minimum absolute atomic E-state index is 0.135. The molecule has 5 nitrogen and oxygen atoms in total. The van der Waals surface area contributed by atoms with Crippen LogP contribution in [0, 0.1) is 17.8 Å². The Hall–Kier alpha value is -1.06. The van der Waals surface area contributed by atoms with E-state index in [0.717, 1.165) is 0 Å². The van der Waals surface area contributed by atoms with Crippen LogP contribution < -0.4 is 0 Å². The van der Waals surface area contributed by atoms with Crippen molar-refractivity contribution in [3.8, 4) is 11.8 Å². The molecule has 0 saturated carbocycles. The van der Waals surface area contributed by atoms with E-state index in [0.29, 0.717) is 0 Å². The molecule has 0 amide bonds. The van der Waals surface area contributed by atoms with E-state index < -0.39 is 21.8 Å². The van der Waals surface area contributed by atoms with Gasteiger partial charge in [0.05, 0.1) is 11.7 Å². The highest BCUT2D eigenvalue weighted by molar-refractivity contribution is 7.85. The number of carbonyl (C=O) groups excluding carboxylic acids is 1. The van der Waals surface area contributed by atoms with E-state index in [1.54, 1.807) is 0 Å². The summed E-state index contributed by atoms with van der Waals surface area (Å²) in [6.07, 6.45) is 0. The average molecular weight is 206 g/mol. The molecule has 0 fully saturated rings. The van der Waals surface area contributed by atoms with Crippen molar-refractivity contribution in [2.45, 2.75) is 6.92 Å². The van der Waals surface area contributed by atoms with Crippen LogP contribution in [0.25, 0.3) is 0 Å². The molecule has 0 radical (unpaired) electrons. The van der Waals surface area contributed by atoms with Crippen LogP contribution in [-0.4, -0.2) is 31.8 Å². The van der Waals surface area contributed by atoms with E-state index in [-0.39, 0.29) is 13.1 Å². The van der Waals surface area contributed by atoms with E-state index in [1.807, 2.05) is 0 Å². The minimum atomic E-state index is -4.07. The highest BCUT2D eigenvalue weighted by Crippen LogP contribution is 1.99. The molecule has 0 bridgehead atoms. The molecule has 13 heavy (non-hydrogen) atoms. The third kappa shape index (κ3) is 7.31. The summed E-state index contributed by atoms with van der Waals surface area (Å²) >= 11 is 0. The third-order valence-corrected chi connectivity index (χ3v) is 1.95. The highest BCUT2D eigenvalue weighted by Gasteiger charge is 2.14. The second-order valence-electron chi connectivity index (χ2n) is 2.27. The van der Waals surface area contributed by atoms with E-state index in [4.69, 9.17) is 4.55 Å². The Kier molecular flexibility index (Phi) is 5.11. The lowest BCUT2D eigenvalue weighted by molar-refractivity contribution is -0.129. The maximum atomic E-state index is 10.4. The number of hydrogen-bond donors (Lipinski definition) is 1. The van der Waals surface area contributed by atoms with Crippen molar-refractivity contribution in [3.05, 3.63) is 0 Å². The van der Waals surface area contributed by atoms with Crippen LogP contribution in [0.15, 0.2) is 0 Å². The van der Waals surface area contributed by atoms with Gasteiger partial charge in [-0.1, -0.05) is 5.92 Å². The lowest BCUT2D eigenvalue weighted by Gasteiger charge is -2.05. The number of carbonyl (C=O) groups is 1. The zero-order valence-electron chi connectivity index (χ0n) is 7.06. The molecule has 1 N–H and O–H groups in total. The second-order valence-corrected chi connectivity index (χ2v) is 3.77. The lowest BCUT2D eigenvalue weighted by Crippen LogP contribution is -2.18. The van der Waals surface area contributed by atoms with Crippen LogP contribution in [0.3, 0.4) is 0 Å². The van der Waals surface area contributed by atoms with Gasteiger partial charge in [0.15, 0.2) is 0 Å². The van der Waals surface area contributed by atoms with Crippen molar-refractivity contribution in [3.63, 3.8) is 0 Å². The number of rotatable bonds is 5. The van der Waals surface area contributed by atoms with Crippen molar-refractivity contribution < 1.29 is 22.5 Å². The highest BCUT2D eigenvalue weighted by atomic mass is 32.2. The van der Waals surface area contributed by atoms with Crippen molar-refractivity contribution in [2.24, 2.45) is 5.92 Å². The van der Waals surface area contributed by atoms with E-state index in [9.17, 15) is 13.2 Å². The first kappa shape index (κ1) is 11.9. The van der Waals surface area contributed by atoms with Gasteiger partial charge >= 0.3 is 0 Å². The molecule has 0 aliphatic carbocycles. The summed E-state index contributed by atoms with van der Waals surface area (Å²) < 4.78 is 33.7. The average Bonchev–Trinajstić information content (AvgIpc) is 1.98. The fraction of sp³-hybridized carbons (Fsp3) is 0.571. The Balaban J connectivity index is 4.23. The van der Waals surface area contributed by atoms with Gasteiger partial charge in [-0.15, -0.1) is 5.92 Å². The van der Waals surface area contributed by atoms with Crippen molar-refractivity contribution >= 4 is 16.6 Å². The van der Waals surface area contributed by atoms with E-state index in [1.165, 1.54) is 6.92 Å². The molecule has 74 valence electrons. The van der Waals surface area contributed by atoms with Gasteiger partial charge in [-0.3, -0.25) is 9.35 Å². The van der Waals surface area contributed by atoms with Gasteiger partial charge in [-0.25, -0.2) is 0 Å². The standard InChI is InChI=1S/C7H10O5S/c1-2-3-7(4-12-6-8)5-13(9,10)11/h6-7H,4-5H2,1H3,(H,9,10,11). The Morgan fingerprint density at radius 2 is 2.23 bits per heavy atom. The van der Waals surface area contributed by atoms with Crippen molar-refractivity contribution in [2.75, 3.05) is 12.4 Å². The van der Waals surface area contributed by atoms with Gasteiger partial charge in [0, 0.05) is 0 Å². The molecule has 0 aromatic rings. The smallest absolute Gasteiger partial charge is 0.293 e. The Labute approximate surface area is 76.8 Å². The van der Waals surface area contributed by atoms with Gasteiger partial charge in [-0.2, -0.15) is 8.42 Å².